The van der Waals surface area contributed by atoms with E-state index in [1.807, 2.05) is 30.1 Å². The molecule has 3 aromatic rings. The lowest BCUT2D eigenvalue weighted by molar-refractivity contribution is 0.633. The Hall–Kier alpha value is -2.30. The molecule has 0 aliphatic heterocycles. The Labute approximate surface area is 124 Å². The van der Waals surface area contributed by atoms with Crippen LogP contribution < -0.4 is 5.73 Å². The Morgan fingerprint density at radius 3 is 2.76 bits per heavy atom. The molecule has 3 rings (SSSR count). The van der Waals surface area contributed by atoms with Gasteiger partial charge < -0.3 is 10.3 Å². The van der Waals surface area contributed by atoms with Crippen molar-refractivity contribution in [3.63, 3.8) is 0 Å². The van der Waals surface area contributed by atoms with Crippen molar-refractivity contribution in [2.75, 3.05) is 5.73 Å². The molecule has 0 fully saturated rings. The van der Waals surface area contributed by atoms with Crippen LogP contribution in [0.15, 0.2) is 30.6 Å². The summed E-state index contributed by atoms with van der Waals surface area (Å²) in [5.41, 5.74) is 9.99. The van der Waals surface area contributed by atoms with Crippen molar-refractivity contribution in [3.05, 3.63) is 42.0 Å². The zero-order valence-corrected chi connectivity index (χ0v) is 12.7. The van der Waals surface area contributed by atoms with Crippen LogP contribution in [0.25, 0.3) is 11.0 Å². The number of rotatable bonds is 4. The van der Waals surface area contributed by atoms with Gasteiger partial charge in [-0.3, -0.25) is 4.68 Å². The topological polar surface area (TPSA) is 61.7 Å². The predicted octanol–water partition coefficient (Wildman–Crippen LogP) is 2.72. The fraction of sp³-hybridized carbons (Fsp3) is 0.375. The Bertz CT molecular complexity index is 766. The molecule has 2 aromatic heterocycles. The van der Waals surface area contributed by atoms with Crippen molar-refractivity contribution in [1.29, 1.82) is 0 Å². The molecule has 0 bridgehead atoms. The Morgan fingerprint density at radius 1 is 1.29 bits per heavy atom. The maximum Gasteiger partial charge on any atom is 0.112 e. The molecule has 0 aliphatic carbocycles. The number of fused-ring (bicyclic) bond motifs is 1. The highest BCUT2D eigenvalue weighted by molar-refractivity contribution is 5.79. The molecular formula is C16H21N5. The molecule has 0 spiro atoms. The molecule has 2 N–H and O–H groups in total. The van der Waals surface area contributed by atoms with E-state index in [4.69, 9.17) is 10.7 Å². The van der Waals surface area contributed by atoms with Crippen molar-refractivity contribution >= 4 is 16.7 Å². The summed E-state index contributed by atoms with van der Waals surface area (Å²) in [6, 6.07) is 5.95. The summed E-state index contributed by atoms with van der Waals surface area (Å²) in [4.78, 5) is 4.75. The normalized spacial score (nSPS) is 11.6. The van der Waals surface area contributed by atoms with E-state index in [1.165, 1.54) is 5.56 Å². The number of nitrogens with zero attached hydrogens (tertiary/aromatic N) is 4. The van der Waals surface area contributed by atoms with Gasteiger partial charge in [0.05, 0.1) is 17.2 Å². The first-order chi connectivity index (χ1) is 10.0. The van der Waals surface area contributed by atoms with Crippen LogP contribution in [0.5, 0.6) is 0 Å². The third-order valence-corrected chi connectivity index (χ3v) is 3.70. The van der Waals surface area contributed by atoms with Gasteiger partial charge in [0.25, 0.3) is 0 Å². The minimum absolute atomic E-state index is 0.382. The number of hydrogen-bond donors (Lipinski definition) is 1. The SMILES string of the molecule is CC(C)c1nc2cc(N)ccc2n1CCc1cnn(C)c1. The molecule has 5 nitrogen and oxygen atoms in total. The zero-order chi connectivity index (χ0) is 15.0. The average Bonchev–Trinajstić information content (AvgIpc) is 2.99. The number of nitrogens with two attached hydrogens (primary N) is 1. The lowest BCUT2D eigenvalue weighted by Crippen LogP contribution is -2.07. The Morgan fingerprint density at radius 2 is 2.10 bits per heavy atom. The summed E-state index contributed by atoms with van der Waals surface area (Å²) in [6.45, 7) is 5.25. The molecule has 0 saturated heterocycles. The van der Waals surface area contributed by atoms with Crippen molar-refractivity contribution in [2.24, 2.45) is 7.05 Å². The number of nitrogen functional groups attached to an aromatic ring is 1. The number of benzene rings is 1. The lowest BCUT2D eigenvalue weighted by Gasteiger charge is -2.10. The van der Waals surface area contributed by atoms with Gasteiger partial charge in [0.15, 0.2) is 0 Å². The molecule has 2 heterocycles. The second-order valence-corrected chi connectivity index (χ2v) is 5.80. The molecule has 0 aliphatic rings. The van der Waals surface area contributed by atoms with E-state index in [0.717, 1.165) is 35.5 Å². The van der Waals surface area contributed by atoms with Crippen molar-refractivity contribution in [3.8, 4) is 0 Å². The van der Waals surface area contributed by atoms with Crippen LogP contribution in [0.1, 0.15) is 31.2 Å². The highest BCUT2D eigenvalue weighted by Gasteiger charge is 2.14. The van der Waals surface area contributed by atoms with Crippen LogP contribution in [-0.2, 0) is 20.0 Å². The maximum absolute atomic E-state index is 5.87. The van der Waals surface area contributed by atoms with Crippen LogP contribution >= 0.6 is 0 Å². The van der Waals surface area contributed by atoms with E-state index in [9.17, 15) is 0 Å². The monoisotopic (exact) mass is 283 g/mol. The highest BCUT2D eigenvalue weighted by atomic mass is 15.2. The molecule has 0 radical (unpaired) electrons. The van der Waals surface area contributed by atoms with E-state index in [2.05, 4.69) is 35.8 Å². The maximum atomic E-state index is 5.87. The summed E-state index contributed by atoms with van der Waals surface area (Å²) < 4.78 is 4.14. The molecule has 5 heteroatoms. The summed E-state index contributed by atoms with van der Waals surface area (Å²) >= 11 is 0. The van der Waals surface area contributed by atoms with E-state index in [-0.39, 0.29) is 0 Å². The van der Waals surface area contributed by atoms with E-state index in [1.54, 1.807) is 0 Å². The summed E-state index contributed by atoms with van der Waals surface area (Å²) in [6.07, 6.45) is 4.93. The van der Waals surface area contributed by atoms with Gasteiger partial charge in [-0.05, 0) is 30.2 Å². The second-order valence-electron chi connectivity index (χ2n) is 5.80. The fourth-order valence-corrected chi connectivity index (χ4v) is 2.68. The van der Waals surface area contributed by atoms with Crippen molar-refractivity contribution in [2.45, 2.75) is 32.7 Å². The van der Waals surface area contributed by atoms with Gasteiger partial charge >= 0.3 is 0 Å². The van der Waals surface area contributed by atoms with Gasteiger partial charge in [-0.25, -0.2) is 4.98 Å². The Balaban J connectivity index is 1.97. The van der Waals surface area contributed by atoms with Crippen LogP contribution in [0.4, 0.5) is 5.69 Å². The van der Waals surface area contributed by atoms with Crippen LogP contribution in [0.2, 0.25) is 0 Å². The van der Waals surface area contributed by atoms with Gasteiger partial charge in [-0.2, -0.15) is 5.10 Å². The minimum Gasteiger partial charge on any atom is -0.399 e. The van der Waals surface area contributed by atoms with Crippen LogP contribution in [0, 0.1) is 0 Å². The Kier molecular flexibility index (Phi) is 3.41. The number of hydrogen-bond acceptors (Lipinski definition) is 3. The van der Waals surface area contributed by atoms with Crippen molar-refractivity contribution in [1.82, 2.24) is 19.3 Å². The summed E-state index contributed by atoms with van der Waals surface area (Å²) in [7, 11) is 1.94. The molecule has 0 unspecified atom stereocenters. The lowest BCUT2D eigenvalue weighted by atomic mass is 10.2. The average molecular weight is 283 g/mol. The molecule has 1 aromatic carbocycles. The molecule has 0 saturated carbocycles. The van der Waals surface area contributed by atoms with Gasteiger partial charge in [0.1, 0.15) is 5.82 Å². The standard InChI is InChI=1S/C16H21N5/c1-11(2)16-19-14-8-13(17)4-5-15(14)21(16)7-6-12-9-18-20(3)10-12/h4-5,8-11H,6-7,17H2,1-3H3. The number of aryl methyl sites for hydroxylation is 3. The van der Waals surface area contributed by atoms with Crippen LogP contribution in [0.3, 0.4) is 0 Å². The first-order valence-electron chi connectivity index (χ1n) is 7.28. The first-order valence-corrected chi connectivity index (χ1v) is 7.28. The summed E-state index contributed by atoms with van der Waals surface area (Å²) in [5, 5.41) is 4.22. The molecule has 21 heavy (non-hydrogen) atoms. The second kappa shape index (κ2) is 5.24. The molecular weight excluding hydrogens is 262 g/mol. The minimum atomic E-state index is 0.382. The smallest absolute Gasteiger partial charge is 0.112 e. The zero-order valence-electron chi connectivity index (χ0n) is 12.7. The van der Waals surface area contributed by atoms with Gasteiger partial charge in [-0.15, -0.1) is 0 Å². The van der Waals surface area contributed by atoms with Gasteiger partial charge in [0.2, 0.25) is 0 Å². The molecule has 0 amide bonds. The van der Waals surface area contributed by atoms with Crippen LogP contribution in [-0.4, -0.2) is 19.3 Å². The fourth-order valence-electron chi connectivity index (χ4n) is 2.68. The highest BCUT2D eigenvalue weighted by Crippen LogP contribution is 2.24. The predicted molar refractivity (Wildman–Crippen MR) is 85.1 cm³/mol. The molecule has 110 valence electrons. The third-order valence-electron chi connectivity index (χ3n) is 3.70. The largest absolute Gasteiger partial charge is 0.399 e. The first kappa shape index (κ1) is 13.7. The van der Waals surface area contributed by atoms with Gasteiger partial charge in [0, 0.05) is 31.4 Å². The molecule has 0 atom stereocenters. The van der Waals surface area contributed by atoms with Crippen molar-refractivity contribution < 1.29 is 0 Å². The van der Waals surface area contributed by atoms with E-state index >= 15 is 0 Å². The number of imidazole rings is 1. The van der Waals surface area contributed by atoms with E-state index < -0.39 is 0 Å². The van der Waals surface area contributed by atoms with E-state index in [0.29, 0.717) is 5.92 Å². The number of anilines is 1. The van der Waals surface area contributed by atoms with Gasteiger partial charge in [-0.1, -0.05) is 13.8 Å². The third kappa shape index (κ3) is 2.63. The summed E-state index contributed by atoms with van der Waals surface area (Å²) in [5.74, 6) is 1.49. The number of aromatic nitrogens is 4. The quantitative estimate of drug-likeness (QED) is 0.749.